The second kappa shape index (κ2) is 9.32. The first-order valence-electron chi connectivity index (χ1n) is 13.8. The average molecular weight is 488 g/mol. The molecule has 2 saturated carbocycles. The summed E-state index contributed by atoms with van der Waals surface area (Å²) in [6.07, 6.45) is 17.4. The Balaban J connectivity index is 1.04. The van der Waals surface area contributed by atoms with E-state index in [1.165, 1.54) is 62.7 Å². The van der Waals surface area contributed by atoms with Gasteiger partial charge in [0.2, 0.25) is 0 Å². The summed E-state index contributed by atoms with van der Waals surface area (Å²) in [5, 5.41) is 5.96. The van der Waals surface area contributed by atoms with Gasteiger partial charge in [0.1, 0.15) is 5.54 Å². The van der Waals surface area contributed by atoms with Crippen LogP contribution in [0, 0.1) is 5.92 Å². The summed E-state index contributed by atoms with van der Waals surface area (Å²) >= 11 is 0. The monoisotopic (exact) mass is 487 g/mol. The summed E-state index contributed by atoms with van der Waals surface area (Å²) in [5.74, 6) is 1.59. The van der Waals surface area contributed by atoms with Gasteiger partial charge in [-0.1, -0.05) is 6.42 Å². The van der Waals surface area contributed by atoms with Crippen molar-refractivity contribution in [2.75, 3.05) is 37.7 Å². The highest BCUT2D eigenvalue weighted by Gasteiger charge is 2.48. The van der Waals surface area contributed by atoms with Gasteiger partial charge in [-0.3, -0.25) is 15.0 Å². The smallest absolute Gasteiger partial charge is 0.145 e. The van der Waals surface area contributed by atoms with Crippen LogP contribution >= 0.6 is 0 Å². The van der Waals surface area contributed by atoms with Crippen LogP contribution in [-0.4, -0.2) is 53.9 Å². The van der Waals surface area contributed by atoms with E-state index in [4.69, 9.17) is 9.72 Å². The largest absolute Gasteiger partial charge is 0.375 e. The molecule has 4 fully saturated rings. The van der Waals surface area contributed by atoms with E-state index in [1.54, 1.807) is 0 Å². The van der Waals surface area contributed by atoms with Gasteiger partial charge in [0.15, 0.2) is 0 Å². The van der Waals surface area contributed by atoms with Crippen molar-refractivity contribution >= 4 is 11.4 Å². The molecular formula is C28H37N7O. The van der Waals surface area contributed by atoms with E-state index in [0.717, 1.165) is 36.0 Å². The quantitative estimate of drug-likeness (QED) is 0.524. The number of rotatable bonds is 8. The topological polar surface area (TPSA) is 77.6 Å². The molecule has 5 aliphatic rings. The molecule has 0 spiro atoms. The minimum atomic E-state index is -0.316. The van der Waals surface area contributed by atoms with Crippen molar-refractivity contribution in [2.45, 2.75) is 62.4 Å². The van der Waals surface area contributed by atoms with Gasteiger partial charge in [0.25, 0.3) is 0 Å². The zero-order chi connectivity index (χ0) is 24.0. The summed E-state index contributed by atoms with van der Waals surface area (Å²) in [6, 6.07) is 7.28. The minimum absolute atomic E-state index is 0.316. The van der Waals surface area contributed by atoms with Crippen molar-refractivity contribution in [3.8, 4) is 0 Å². The molecule has 8 nitrogen and oxygen atoms in total. The number of piperidine rings is 1. The summed E-state index contributed by atoms with van der Waals surface area (Å²) in [5.41, 5.74) is 12.1. The van der Waals surface area contributed by atoms with Gasteiger partial charge in [0.05, 0.1) is 36.5 Å². The molecule has 2 aliphatic carbocycles. The molecule has 7 rings (SSSR count). The molecule has 36 heavy (non-hydrogen) atoms. The lowest BCUT2D eigenvalue weighted by molar-refractivity contribution is -0.147. The Morgan fingerprint density at radius 3 is 2.69 bits per heavy atom. The molecule has 0 amide bonds. The average Bonchev–Trinajstić information content (AvgIpc) is 3.61. The lowest BCUT2D eigenvalue weighted by Crippen LogP contribution is -2.62. The number of hydrogen-bond donors (Lipinski definition) is 3. The summed E-state index contributed by atoms with van der Waals surface area (Å²) in [4.78, 5) is 11.9. The predicted octanol–water partition coefficient (Wildman–Crippen LogP) is 3.26. The van der Waals surface area contributed by atoms with Gasteiger partial charge in [0, 0.05) is 43.3 Å². The van der Waals surface area contributed by atoms with Crippen molar-refractivity contribution in [1.29, 1.82) is 0 Å². The first-order chi connectivity index (χ1) is 17.8. The second-order valence-corrected chi connectivity index (χ2v) is 11.3. The van der Waals surface area contributed by atoms with E-state index in [0.29, 0.717) is 25.2 Å². The van der Waals surface area contributed by atoms with E-state index in [9.17, 15) is 0 Å². The van der Waals surface area contributed by atoms with Crippen molar-refractivity contribution in [3.05, 3.63) is 59.8 Å². The lowest BCUT2D eigenvalue weighted by atomic mass is 9.85. The molecule has 1 atom stereocenters. The maximum atomic E-state index is 5.72. The normalized spacial score (nSPS) is 25.7. The molecule has 5 heterocycles. The summed E-state index contributed by atoms with van der Waals surface area (Å²) in [6.45, 7) is 4.57. The van der Waals surface area contributed by atoms with Gasteiger partial charge in [-0.15, -0.1) is 5.53 Å². The highest BCUT2D eigenvalue weighted by Crippen LogP contribution is 2.41. The first kappa shape index (κ1) is 22.5. The van der Waals surface area contributed by atoms with Crippen LogP contribution in [0.25, 0.3) is 5.70 Å². The van der Waals surface area contributed by atoms with Crippen molar-refractivity contribution in [2.24, 2.45) is 5.92 Å². The predicted molar refractivity (Wildman–Crippen MR) is 140 cm³/mol. The Labute approximate surface area is 213 Å². The molecule has 2 aromatic heterocycles. The van der Waals surface area contributed by atoms with Crippen LogP contribution in [-0.2, 0) is 10.3 Å². The highest BCUT2D eigenvalue weighted by atomic mass is 16.5. The molecule has 2 saturated heterocycles. The molecule has 3 N–H and O–H groups in total. The Bertz CT molecular complexity index is 1110. The Morgan fingerprint density at radius 2 is 1.97 bits per heavy atom. The number of hydrazine groups is 2. The third kappa shape index (κ3) is 4.25. The van der Waals surface area contributed by atoms with Crippen LogP contribution in [0.4, 0.5) is 5.69 Å². The third-order valence-corrected chi connectivity index (χ3v) is 8.76. The van der Waals surface area contributed by atoms with E-state index >= 15 is 0 Å². The molecule has 3 aliphatic heterocycles. The van der Waals surface area contributed by atoms with Crippen LogP contribution in [0.15, 0.2) is 43.0 Å². The number of ether oxygens (including phenoxy) is 1. The van der Waals surface area contributed by atoms with Crippen molar-refractivity contribution in [1.82, 2.24) is 31.3 Å². The van der Waals surface area contributed by atoms with Crippen LogP contribution in [0.2, 0.25) is 0 Å². The molecule has 0 unspecified atom stereocenters. The van der Waals surface area contributed by atoms with E-state index in [-0.39, 0.29) is 5.54 Å². The maximum absolute atomic E-state index is 5.72. The Hall–Kier alpha value is -2.68. The molecule has 0 radical (unpaired) electrons. The summed E-state index contributed by atoms with van der Waals surface area (Å²) in [7, 11) is 0. The van der Waals surface area contributed by atoms with Gasteiger partial charge in [-0.25, -0.2) is 0 Å². The second-order valence-electron chi connectivity index (χ2n) is 11.3. The molecule has 0 aromatic carbocycles. The summed E-state index contributed by atoms with van der Waals surface area (Å²) < 4.78 is 5.72. The third-order valence-electron chi connectivity index (χ3n) is 8.76. The number of nitrogens with zero attached hydrogens (tertiary/aromatic N) is 4. The van der Waals surface area contributed by atoms with E-state index in [1.807, 2.05) is 12.4 Å². The SMILES string of the molecule is C1=C(c2cncc(C3CC3)c2)NNN1C1(c2ccc(N3CCC[C@@H](NCC4CCC4)C3)cn2)COC1. The molecule has 190 valence electrons. The molecule has 0 bridgehead atoms. The van der Waals surface area contributed by atoms with Gasteiger partial charge < -0.3 is 20.4 Å². The van der Waals surface area contributed by atoms with E-state index in [2.05, 4.69) is 61.8 Å². The number of hydrogen-bond acceptors (Lipinski definition) is 8. The van der Waals surface area contributed by atoms with Crippen LogP contribution in [0.3, 0.4) is 0 Å². The van der Waals surface area contributed by atoms with Crippen molar-refractivity contribution in [3.63, 3.8) is 0 Å². The lowest BCUT2D eigenvalue weighted by Gasteiger charge is -2.46. The Morgan fingerprint density at radius 1 is 1.06 bits per heavy atom. The van der Waals surface area contributed by atoms with Crippen LogP contribution < -0.4 is 21.2 Å². The van der Waals surface area contributed by atoms with E-state index < -0.39 is 0 Å². The Kier molecular flexibility index (Phi) is 5.83. The van der Waals surface area contributed by atoms with Gasteiger partial charge in [-0.05, 0) is 80.7 Å². The minimum Gasteiger partial charge on any atom is -0.375 e. The number of pyridine rings is 2. The number of anilines is 1. The molecule has 2 aromatic rings. The van der Waals surface area contributed by atoms with Crippen LogP contribution in [0.5, 0.6) is 0 Å². The maximum Gasteiger partial charge on any atom is 0.145 e. The molecular weight excluding hydrogens is 450 g/mol. The standard InChI is InChI=1S/C28H37N7O/c1-3-20(4-1)12-30-24-5-2-10-34(16-24)25-8-9-27(31-15-25)28(18-36-19-28)35-17-26(32-33-35)23-11-22(13-29-14-23)21-6-7-21/h8-9,11,13-15,17,20-21,24,30,32-33H,1-7,10,12,16,18-19H2/t24-/m1/s1. The molecule has 8 heteroatoms. The fraction of sp³-hybridized carbons (Fsp3) is 0.571. The fourth-order valence-electron chi connectivity index (χ4n) is 5.90. The number of aromatic nitrogens is 2. The number of nitrogens with one attached hydrogen (secondary N) is 3. The van der Waals surface area contributed by atoms with Crippen molar-refractivity contribution < 1.29 is 4.74 Å². The van der Waals surface area contributed by atoms with Gasteiger partial charge >= 0.3 is 0 Å². The first-order valence-corrected chi connectivity index (χ1v) is 13.8. The zero-order valence-corrected chi connectivity index (χ0v) is 21.0. The highest BCUT2D eigenvalue weighted by molar-refractivity contribution is 5.64. The fourth-order valence-corrected chi connectivity index (χ4v) is 5.90. The zero-order valence-electron chi connectivity index (χ0n) is 21.0. The van der Waals surface area contributed by atoms with Gasteiger partial charge in [-0.2, -0.15) is 0 Å². The van der Waals surface area contributed by atoms with Crippen LogP contribution in [0.1, 0.15) is 67.7 Å².